The third-order valence-corrected chi connectivity index (χ3v) is 6.48. The van der Waals surface area contributed by atoms with E-state index in [1.54, 1.807) is 0 Å². The average Bonchev–Trinajstić information content (AvgIpc) is 3.18. The summed E-state index contributed by atoms with van der Waals surface area (Å²) in [6, 6.07) is 10.3. The fourth-order valence-corrected chi connectivity index (χ4v) is 5.08. The van der Waals surface area contributed by atoms with Crippen molar-refractivity contribution in [3.8, 4) is 0 Å². The second kappa shape index (κ2) is 8.29. The van der Waals surface area contributed by atoms with Gasteiger partial charge in [0.1, 0.15) is 6.10 Å². The van der Waals surface area contributed by atoms with Crippen molar-refractivity contribution in [3.05, 3.63) is 35.9 Å². The molecule has 0 N–H and O–H groups in total. The van der Waals surface area contributed by atoms with Crippen molar-refractivity contribution in [2.24, 2.45) is 0 Å². The minimum Gasteiger partial charge on any atom is -0.379 e. The van der Waals surface area contributed by atoms with E-state index in [4.69, 9.17) is 9.47 Å². The van der Waals surface area contributed by atoms with E-state index in [1.807, 2.05) is 23.1 Å². The molecule has 1 amide bonds. The van der Waals surface area contributed by atoms with Gasteiger partial charge in [-0.15, -0.1) is 0 Å². The molecule has 2 saturated heterocycles. The van der Waals surface area contributed by atoms with E-state index in [9.17, 15) is 4.79 Å². The van der Waals surface area contributed by atoms with E-state index in [0.717, 1.165) is 44.7 Å². The number of carbonyl (C=O) groups excluding carboxylic acids is 1. The summed E-state index contributed by atoms with van der Waals surface area (Å²) >= 11 is 0. The summed E-state index contributed by atoms with van der Waals surface area (Å²) < 4.78 is 11.7. The summed E-state index contributed by atoms with van der Waals surface area (Å²) in [5, 5.41) is 0. The second-order valence-corrected chi connectivity index (χ2v) is 8.35. The Kier molecular flexibility index (Phi) is 5.81. The monoisotopic (exact) mass is 372 g/mol. The summed E-state index contributed by atoms with van der Waals surface area (Å²) in [5.74, 6) is 0.291. The lowest BCUT2D eigenvalue weighted by atomic mass is 9.89. The first-order chi connectivity index (χ1) is 13.2. The maximum atomic E-state index is 13.3. The van der Waals surface area contributed by atoms with Gasteiger partial charge in [-0.25, -0.2) is 0 Å². The third kappa shape index (κ3) is 4.20. The quantitative estimate of drug-likeness (QED) is 0.815. The molecule has 5 nitrogen and oxygen atoms in total. The molecular weight excluding hydrogens is 340 g/mol. The number of nitrogens with zero attached hydrogens (tertiary/aromatic N) is 2. The van der Waals surface area contributed by atoms with Crippen LogP contribution in [0.5, 0.6) is 0 Å². The molecular formula is C22H32N2O3. The molecule has 148 valence electrons. The smallest absolute Gasteiger partial charge is 0.224 e. The van der Waals surface area contributed by atoms with Gasteiger partial charge in [-0.3, -0.25) is 9.69 Å². The molecule has 1 aromatic rings. The average molecular weight is 373 g/mol. The highest BCUT2D eigenvalue weighted by molar-refractivity contribution is 5.77. The summed E-state index contributed by atoms with van der Waals surface area (Å²) in [5.41, 5.74) is 1.20. The molecule has 4 rings (SSSR count). The molecule has 2 unspecified atom stereocenters. The minimum absolute atomic E-state index is 0.0261. The van der Waals surface area contributed by atoms with Gasteiger partial charge in [0.2, 0.25) is 5.91 Å². The Balaban J connectivity index is 1.46. The van der Waals surface area contributed by atoms with Gasteiger partial charge in [0.05, 0.1) is 25.9 Å². The van der Waals surface area contributed by atoms with Crippen molar-refractivity contribution in [1.82, 2.24) is 9.80 Å². The normalized spacial score (nSPS) is 29.0. The Morgan fingerprint density at radius 1 is 1.11 bits per heavy atom. The molecule has 1 saturated carbocycles. The van der Waals surface area contributed by atoms with E-state index in [1.165, 1.54) is 12.8 Å². The number of carbonyl (C=O) groups is 1. The predicted molar refractivity (Wildman–Crippen MR) is 105 cm³/mol. The Labute approximate surface area is 162 Å². The number of rotatable bonds is 4. The lowest BCUT2D eigenvalue weighted by Gasteiger charge is -2.45. The topological polar surface area (TPSA) is 42.0 Å². The van der Waals surface area contributed by atoms with Crippen molar-refractivity contribution in [1.29, 1.82) is 0 Å². The van der Waals surface area contributed by atoms with Gasteiger partial charge in [-0.1, -0.05) is 43.2 Å². The summed E-state index contributed by atoms with van der Waals surface area (Å²) in [4.78, 5) is 17.9. The molecule has 1 aliphatic carbocycles. The van der Waals surface area contributed by atoms with Crippen molar-refractivity contribution in [2.45, 2.75) is 56.8 Å². The number of benzene rings is 1. The third-order valence-electron chi connectivity index (χ3n) is 6.48. The molecule has 3 aliphatic rings. The van der Waals surface area contributed by atoms with Crippen LogP contribution in [0.4, 0.5) is 0 Å². The van der Waals surface area contributed by atoms with Crippen LogP contribution in [0, 0.1) is 0 Å². The van der Waals surface area contributed by atoms with Crippen LogP contribution in [-0.2, 0) is 14.3 Å². The molecule has 27 heavy (non-hydrogen) atoms. The molecule has 0 bridgehead atoms. The Morgan fingerprint density at radius 3 is 2.52 bits per heavy atom. The van der Waals surface area contributed by atoms with Crippen molar-refractivity contribution in [3.63, 3.8) is 0 Å². The van der Waals surface area contributed by atoms with Crippen LogP contribution in [0.2, 0.25) is 0 Å². The van der Waals surface area contributed by atoms with Crippen LogP contribution in [-0.4, -0.2) is 66.7 Å². The summed E-state index contributed by atoms with van der Waals surface area (Å²) in [6.07, 6.45) is 5.42. The number of amides is 1. The molecule has 2 aliphatic heterocycles. The molecule has 3 fully saturated rings. The first kappa shape index (κ1) is 18.9. The molecule has 2 heterocycles. The lowest BCUT2D eigenvalue weighted by molar-refractivity contribution is -0.149. The Bertz CT molecular complexity index is 624. The van der Waals surface area contributed by atoms with E-state index >= 15 is 0 Å². The van der Waals surface area contributed by atoms with Crippen LogP contribution < -0.4 is 0 Å². The molecule has 2 atom stereocenters. The molecule has 0 radical (unpaired) electrons. The maximum Gasteiger partial charge on any atom is 0.224 e. The van der Waals surface area contributed by atoms with E-state index < -0.39 is 0 Å². The Hall–Kier alpha value is -1.43. The highest BCUT2D eigenvalue weighted by Crippen LogP contribution is 2.39. The number of hydrogen-bond acceptors (Lipinski definition) is 4. The van der Waals surface area contributed by atoms with Crippen LogP contribution in [0.3, 0.4) is 0 Å². The van der Waals surface area contributed by atoms with Crippen molar-refractivity contribution in [2.75, 3.05) is 39.4 Å². The minimum atomic E-state index is -0.0261. The van der Waals surface area contributed by atoms with Crippen LogP contribution in [0.25, 0.3) is 0 Å². The largest absolute Gasteiger partial charge is 0.379 e. The van der Waals surface area contributed by atoms with Crippen LogP contribution in [0.1, 0.15) is 50.7 Å². The standard InChI is InChI=1S/C22H32N2O3/c1-18-16-23(17-20(27-18)19-7-3-2-4-8-19)21(25)15-22(9-5-6-10-22)24-11-13-26-14-12-24/h2-4,7-8,18,20H,5-6,9-17H2,1H3. The molecule has 0 spiro atoms. The van der Waals surface area contributed by atoms with Gasteiger partial charge in [-0.2, -0.15) is 0 Å². The fraction of sp³-hybridized carbons (Fsp3) is 0.682. The van der Waals surface area contributed by atoms with Crippen LogP contribution >= 0.6 is 0 Å². The van der Waals surface area contributed by atoms with E-state index in [0.29, 0.717) is 25.4 Å². The lowest BCUT2D eigenvalue weighted by Crippen LogP contribution is -2.55. The highest BCUT2D eigenvalue weighted by atomic mass is 16.5. The SMILES string of the molecule is CC1CN(C(=O)CC2(N3CCOCC3)CCCC2)CC(c2ccccc2)O1. The first-order valence-corrected chi connectivity index (χ1v) is 10.5. The molecule has 5 heteroatoms. The van der Waals surface area contributed by atoms with Gasteiger partial charge in [-0.05, 0) is 25.3 Å². The number of hydrogen-bond donors (Lipinski definition) is 0. The van der Waals surface area contributed by atoms with Crippen LogP contribution in [0.15, 0.2) is 30.3 Å². The maximum absolute atomic E-state index is 13.3. The van der Waals surface area contributed by atoms with Gasteiger partial charge < -0.3 is 14.4 Å². The first-order valence-electron chi connectivity index (χ1n) is 10.5. The van der Waals surface area contributed by atoms with E-state index in [2.05, 4.69) is 24.0 Å². The zero-order valence-electron chi connectivity index (χ0n) is 16.4. The summed E-state index contributed by atoms with van der Waals surface area (Å²) in [7, 11) is 0. The van der Waals surface area contributed by atoms with Crippen molar-refractivity contribution >= 4 is 5.91 Å². The van der Waals surface area contributed by atoms with Gasteiger partial charge in [0, 0.05) is 31.6 Å². The Morgan fingerprint density at radius 2 is 1.81 bits per heavy atom. The van der Waals surface area contributed by atoms with Gasteiger partial charge >= 0.3 is 0 Å². The predicted octanol–water partition coefficient (Wildman–Crippen LogP) is 3.01. The highest BCUT2D eigenvalue weighted by Gasteiger charge is 2.43. The van der Waals surface area contributed by atoms with Gasteiger partial charge in [0.15, 0.2) is 0 Å². The number of ether oxygens (including phenoxy) is 2. The molecule has 0 aromatic heterocycles. The second-order valence-electron chi connectivity index (χ2n) is 8.35. The van der Waals surface area contributed by atoms with Gasteiger partial charge in [0.25, 0.3) is 0 Å². The zero-order valence-corrected chi connectivity index (χ0v) is 16.4. The molecule has 1 aromatic carbocycles. The summed E-state index contributed by atoms with van der Waals surface area (Å²) in [6.45, 7) is 6.93. The zero-order chi connectivity index (χ0) is 18.7. The van der Waals surface area contributed by atoms with E-state index in [-0.39, 0.29) is 17.7 Å². The fourth-order valence-electron chi connectivity index (χ4n) is 5.08. The van der Waals surface area contributed by atoms with Crippen molar-refractivity contribution < 1.29 is 14.3 Å². The number of morpholine rings is 2.